The largest absolute Gasteiger partial charge is 0.506 e. The third kappa shape index (κ3) is 6.89. The Bertz CT molecular complexity index is 1500. The zero-order chi connectivity index (χ0) is 30.7. The fourth-order valence-corrected chi connectivity index (χ4v) is 6.81. The number of aliphatic hydroxyl groups is 1. The number of piperidine rings is 1. The fraction of sp³-hybridized carbons (Fsp3) is 0.469. The van der Waals surface area contributed by atoms with Crippen LogP contribution in [0.15, 0.2) is 41.8 Å². The van der Waals surface area contributed by atoms with E-state index in [1.165, 1.54) is 28.5 Å². The molecule has 2 amide bonds. The van der Waals surface area contributed by atoms with E-state index in [1.807, 2.05) is 17.2 Å². The summed E-state index contributed by atoms with van der Waals surface area (Å²) in [6.07, 6.45) is 1.73. The molecule has 0 radical (unpaired) electrons. The Labute approximate surface area is 260 Å². The average molecular weight is 622 g/mol. The average Bonchev–Trinajstić information content (AvgIpc) is 3.47. The van der Waals surface area contributed by atoms with E-state index < -0.39 is 6.10 Å². The zero-order valence-electron chi connectivity index (χ0n) is 24.9. The van der Waals surface area contributed by atoms with Crippen molar-refractivity contribution in [2.75, 3.05) is 57.8 Å². The van der Waals surface area contributed by atoms with Crippen LogP contribution in [0.2, 0.25) is 0 Å². The van der Waals surface area contributed by atoms with E-state index in [4.69, 9.17) is 9.47 Å². The number of fused-ring (bicyclic) bond motifs is 1. The van der Waals surface area contributed by atoms with Crippen molar-refractivity contribution in [3.63, 3.8) is 0 Å². The van der Waals surface area contributed by atoms with Crippen LogP contribution >= 0.6 is 11.3 Å². The second-order valence-corrected chi connectivity index (χ2v) is 12.9. The number of amides is 2. The lowest BCUT2D eigenvalue weighted by Crippen LogP contribution is -2.58. The smallest absolute Gasteiger partial charge is 0.273 e. The molecule has 1 unspecified atom stereocenters. The first-order valence-electron chi connectivity index (χ1n) is 15.1. The predicted molar refractivity (Wildman–Crippen MR) is 166 cm³/mol. The molecule has 1 spiro atoms. The molecule has 12 heteroatoms. The van der Waals surface area contributed by atoms with Crippen LogP contribution in [0.4, 0.5) is 5.69 Å². The van der Waals surface area contributed by atoms with Gasteiger partial charge in [0.15, 0.2) is 12.4 Å². The van der Waals surface area contributed by atoms with Crippen molar-refractivity contribution < 1.29 is 29.3 Å². The first-order chi connectivity index (χ1) is 21.3. The number of thiazole rings is 1. The maximum atomic E-state index is 13.0. The van der Waals surface area contributed by atoms with Gasteiger partial charge in [0, 0.05) is 43.7 Å². The van der Waals surface area contributed by atoms with Crippen LogP contribution < -0.4 is 15.4 Å². The summed E-state index contributed by atoms with van der Waals surface area (Å²) < 4.78 is 11.8. The molecule has 44 heavy (non-hydrogen) atoms. The van der Waals surface area contributed by atoms with Crippen LogP contribution in [0, 0.1) is 6.92 Å². The first-order valence-corrected chi connectivity index (χ1v) is 16.0. The highest BCUT2D eigenvalue weighted by Gasteiger charge is 2.41. The molecule has 3 aliphatic rings. The van der Waals surface area contributed by atoms with E-state index >= 15 is 0 Å². The maximum Gasteiger partial charge on any atom is 0.273 e. The molecule has 1 aromatic heterocycles. The zero-order valence-corrected chi connectivity index (χ0v) is 25.7. The number of aryl methyl sites for hydroxylation is 1. The second-order valence-electron chi connectivity index (χ2n) is 11.8. The van der Waals surface area contributed by atoms with E-state index in [1.54, 1.807) is 6.07 Å². The number of aliphatic hydroxyl groups excluding tert-OH is 1. The fourth-order valence-electron chi connectivity index (χ4n) is 6.23. The van der Waals surface area contributed by atoms with Crippen molar-refractivity contribution in [1.82, 2.24) is 20.1 Å². The van der Waals surface area contributed by atoms with Crippen molar-refractivity contribution in [2.45, 2.75) is 44.4 Å². The quantitative estimate of drug-likeness (QED) is 0.210. The van der Waals surface area contributed by atoms with E-state index in [0.29, 0.717) is 49.8 Å². The highest BCUT2D eigenvalue weighted by atomic mass is 32.1. The second kappa shape index (κ2) is 13.2. The summed E-state index contributed by atoms with van der Waals surface area (Å²) in [4.78, 5) is 33.4. The van der Waals surface area contributed by atoms with Crippen molar-refractivity contribution in [3.8, 4) is 11.5 Å². The molecule has 3 aromatic rings. The standard InChI is InChI=1S/C32H39N5O6S/c1-21-34-25(19-44-21)31(41)37-13-14-43-32(20-37)8-11-36(12-9-32)17-23-4-2-3-22(15-23)7-10-33-16-27(39)24-5-6-26(38)29-30(24)42-18-28(40)35-29/h2-6,15,19,27,33,38-39H,7-14,16-18,20H2,1H3,(H,35,40). The number of carbonyl (C=O) groups excluding carboxylic acids is 2. The minimum Gasteiger partial charge on any atom is -0.506 e. The van der Waals surface area contributed by atoms with Gasteiger partial charge in [-0.15, -0.1) is 11.3 Å². The maximum absolute atomic E-state index is 13.0. The van der Waals surface area contributed by atoms with Gasteiger partial charge in [0.2, 0.25) is 0 Å². The van der Waals surface area contributed by atoms with Gasteiger partial charge in [-0.25, -0.2) is 4.98 Å². The lowest BCUT2D eigenvalue weighted by atomic mass is 9.89. The molecule has 11 nitrogen and oxygen atoms in total. The Morgan fingerprint density at radius 2 is 2.02 bits per heavy atom. The Hall–Kier alpha value is -3.55. The summed E-state index contributed by atoms with van der Waals surface area (Å²) in [5.41, 5.74) is 3.44. The monoisotopic (exact) mass is 621 g/mol. The van der Waals surface area contributed by atoms with Gasteiger partial charge in [-0.3, -0.25) is 14.5 Å². The predicted octanol–water partition coefficient (Wildman–Crippen LogP) is 2.86. The highest BCUT2D eigenvalue weighted by Crippen LogP contribution is 2.41. The number of hydrogen-bond donors (Lipinski definition) is 4. The molecule has 4 heterocycles. The van der Waals surface area contributed by atoms with Crippen molar-refractivity contribution in [2.24, 2.45) is 0 Å². The van der Waals surface area contributed by atoms with E-state index in [9.17, 15) is 19.8 Å². The molecule has 2 aromatic carbocycles. The number of anilines is 1. The summed E-state index contributed by atoms with van der Waals surface area (Å²) in [6, 6.07) is 11.7. The summed E-state index contributed by atoms with van der Waals surface area (Å²) in [7, 11) is 0. The molecular weight excluding hydrogens is 582 g/mol. The number of aromatic nitrogens is 1. The first kappa shape index (κ1) is 30.5. The molecule has 3 aliphatic heterocycles. The minimum atomic E-state index is -0.858. The number of carbonyl (C=O) groups is 2. The van der Waals surface area contributed by atoms with Crippen molar-refractivity contribution in [3.05, 3.63) is 69.2 Å². The van der Waals surface area contributed by atoms with Gasteiger partial charge < -0.3 is 35.2 Å². The summed E-state index contributed by atoms with van der Waals surface area (Å²) in [6.45, 7) is 7.22. The van der Waals surface area contributed by atoms with Gasteiger partial charge in [0.05, 0.1) is 29.9 Å². The van der Waals surface area contributed by atoms with Gasteiger partial charge in [-0.1, -0.05) is 24.3 Å². The lowest BCUT2D eigenvalue weighted by Gasteiger charge is -2.47. The number of phenolic OH excluding ortho intramolecular Hbond substituents is 1. The molecule has 0 saturated carbocycles. The Balaban J connectivity index is 0.961. The molecule has 234 valence electrons. The number of phenols is 1. The van der Waals surface area contributed by atoms with Crippen LogP contribution in [-0.2, 0) is 22.5 Å². The van der Waals surface area contributed by atoms with Gasteiger partial charge in [-0.05, 0) is 56.0 Å². The van der Waals surface area contributed by atoms with Gasteiger partial charge >= 0.3 is 0 Å². The molecule has 0 bridgehead atoms. The van der Waals surface area contributed by atoms with Crippen LogP contribution in [0.25, 0.3) is 0 Å². The number of benzene rings is 2. The highest BCUT2D eigenvalue weighted by molar-refractivity contribution is 7.09. The lowest BCUT2D eigenvalue weighted by molar-refractivity contribution is -0.128. The Morgan fingerprint density at radius 3 is 2.82 bits per heavy atom. The number of ether oxygens (including phenoxy) is 2. The van der Waals surface area contributed by atoms with E-state index in [-0.39, 0.29) is 35.5 Å². The van der Waals surface area contributed by atoms with Crippen molar-refractivity contribution >= 4 is 28.8 Å². The number of aromatic hydroxyl groups is 1. The van der Waals surface area contributed by atoms with Gasteiger partial charge in [-0.2, -0.15) is 0 Å². The van der Waals surface area contributed by atoms with Crippen LogP contribution in [0.3, 0.4) is 0 Å². The normalized spacial score (nSPS) is 18.9. The molecule has 2 saturated heterocycles. The third-order valence-corrected chi connectivity index (χ3v) is 9.38. The molecule has 0 aliphatic carbocycles. The van der Waals surface area contributed by atoms with Crippen LogP contribution in [0.1, 0.15) is 51.1 Å². The summed E-state index contributed by atoms with van der Waals surface area (Å²) in [5, 5.41) is 29.5. The third-order valence-electron chi connectivity index (χ3n) is 8.60. The van der Waals surface area contributed by atoms with Gasteiger partial charge in [0.1, 0.15) is 17.1 Å². The molecular formula is C32H39N5O6S. The minimum absolute atomic E-state index is 0.00328. The summed E-state index contributed by atoms with van der Waals surface area (Å²) in [5.74, 6) is -0.126. The number of rotatable bonds is 9. The Kier molecular flexibility index (Phi) is 9.15. The van der Waals surface area contributed by atoms with E-state index in [2.05, 4.69) is 44.8 Å². The topological polar surface area (TPSA) is 136 Å². The number of nitrogens with zero attached hydrogens (tertiary/aromatic N) is 3. The van der Waals surface area contributed by atoms with Crippen LogP contribution in [0.5, 0.6) is 11.5 Å². The van der Waals surface area contributed by atoms with Crippen LogP contribution in [-0.4, -0.2) is 94.9 Å². The number of hydrogen-bond acceptors (Lipinski definition) is 10. The molecule has 6 rings (SSSR count). The number of nitrogens with one attached hydrogen (secondary N) is 2. The number of likely N-dealkylation sites (tertiary alicyclic amines) is 1. The van der Waals surface area contributed by atoms with Crippen molar-refractivity contribution in [1.29, 1.82) is 0 Å². The van der Waals surface area contributed by atoms with E-state index in [0.717, 1.165) is 43.9 Å². The SMILES string of the molecule is Cc1nc(C(=O)N2CCOC3(CCN(Cc4cccc(CCNCC(O)c5ccc(O)c6c5OCC(=O)N6)c4)CC3)C2)cs1. The van der Waals surface area contributed by atoms with Gasteiger partial charge in [0.25, 0.3) is 11.8 Å². The molecule has 1 atom stereocenters. The molecule has 2 fully saturated rings. The number of morpholine rings is 1. The summed E-state index contributed by atoms with van der Waals surface area (Å²) >= 11 is 1.50. The Morgan fingerprint density at radius 1 is 1.20 bits per heavy atom. The molecule has 4 N–H and O–H groups in total.